The Morgan fingerprint density at radius 2 is 0.981 bits per heavy atom. The van der Waals surface area contributed by atoms with Gasteiger partial charge in [0.15, 0.2) is 17.5 Å². The molecule has 11 rings (SSSR count). The molecule has 0 saturated carbocycles. The molecule has 5 nitrogen and oxygen atoms in total. The molecule has 0 radical (unpaired) electrons. The van der Waals surface area contributed by atoms with E-state index in [-0.39, 0.29) is 0 Å². The Bertz CT molecular complexity index is 3210. The van der Waals surface area contributed by atoms with Gasteiger partial charge in [-0.05, 0) is 58.3 Å². The molecule has 0 bridgehead atoms. The molecule has 0 atom stereocenters. The van der Waals surface area contributed by atoms with Crippen LogP contribution in [0.4, 0.5) is 0 Å². The van der Waals surface area contributed by atoms with Gasteiger partial charge in [-0.2, -0.15) is 0 Å². The number of furan rings is 1. The average Bonchev–Trinajstić information content (AvgIpc) is 3.80. The third-order valence-corrected chi connectivity index (χ3v) is 10.5. The monoisotopic (exact) mass is 690 g/mol. The molecule has 252 valence electrons. The van der Waals surface area contributed by atoms with E-state index >= 15 is 0 Å². The van der Waals surface area contributed by atoms with E-state index in [1.54, 1.807) is 0 Å². The number of para-hydroxylation sites is 2. The highest BCUT2D eigenvalue weighted by Gasteiger charge is 2.20. The fourth-order valence-electron chi connectivity index (χ4n) is 8.03. The zero-order valence-electron chi connectivity index (χ0n) is 29.0. The molecule has 3 heterocycles. The molecular formula is C49H30N4O. The number of hydrogen-bond acceptors (Lipinski definition) is 4. The average molecular weight is 691 g/mol. The van der Waals surface area contributed by atoms with Gasteiger partial charge in [0.1, 0.15) is 11.2 Å². The Hall–Kier alpha value is -7.37. The van der Waals surface area contributed by atoms with Gasteiger partial charge < -0.3 is 8.98 Å². The first kappa shape index (κ1) is 30.3. The van der Waals surface area contributed by atoms with Crippen molar-refractivity contribution < 1.29 is 4.42 Å². The van der Waals surface area contributed by atoms with Gasteiger partial charge in [-0.25, -0.2) is 15.0 Å². The lowest BCUT2D eigenvalue weighted by molar-refractivity contribution is 0.669. The molecule has 0 saturated heterocycles. The summed E-state index contributed by atoms with van der Waals surface area (Å²) in [6.45, 7) is 0. The fourth-order valence-corrected chi connectivity index (χ4v) is 8.03. The van der Waals surface area contributed by atoms with Gasteiger partial charge in [0.05, 0.1) is 11.0 Å². The minimum Gasteiger partial charge on any atom is -0.456 e. The number of fused-ring (bicyclic) bond motifs is 8. The van der Waals surface area contributed by atoms with Crippen LogP contribution in [0.2, 0.25) is 0 Å². The predicted octanol–water partition coefficient (Wildman–Crippen LogP) is 12.7. The van der Waals surface area contributed by atoms with Crippen molar-refractivity contribution in [3.05, 3.63) is 182 Å². The van der Waals surface area contributed by atoms with Crippen LogP contribution in [0.25, 0.3) is 105 Å². The minimum atomic E-state index is 0.597. The third-order valence-electron chi connectivity index (χ3n) is 10.5. The molecule has 0 aliphatic carbocycles. The Labute approximate surface area is 310 Å². The van der Waals surface area contributed by atoms with E-state index in [9.17, 15) is 0 Å². The molecule has 3 aromatic heterocycles. The van der Waals surface area contributed by atoms with Crippen LogP contribution in [0.1, 0.15) is 0 Å². The number of aromatic nitrogens is 4. The normalized spacial score (nSPS) is 11.7. The van der Waals surface area contributed by atoms with Crippen LogP contribution in [0, 0.1) is 0 Å². The maximum Gasteiger partial charge on any atom is 0.164 e. The summed E-state index contributed by atoms with van der Waals surface area (Å²) in [5, 5.41) is 7.05. The first-order valence-corrected chi connectivity index (χ1v) is 18.1. The van der Waals surface area contributed by atoms with Crippen LogP contribution >= 0.6 is 0 Å². The molecule has 0 N–H and O–H groups in total. The highest BCUT2D eigenvalue weighted by molar-refractivity contribution is 6.21. The first-order valence-electron chi connectivity index (χ1n) is 18.1. The van der Waals surface area contributed by atoms with Crippen molar-refractivity contribution in [2.45, 2.75) is 0 Å². The maximum atomic E-state index is 6.25. The third kappa shape index (κ3) is 4.76. The van der Waals surface area contributed by atoms with E-state index in [1.165, 1.54) is 32.6 Å². The summed E-state index contributed by atoms with van der Waals surface area (Å²) in [4.78, 5) is 15.4. The quantitative estimate of drug-likeness (QED) is 0.180. The van der Waals surface area contributed by atoms with Crippen molar-refractivity contribution in [2.75, 3.05) is 0 Å². The van der Waals surface area contributed by atoms with E-state index in [4.69, 9.17) is 19.4 Å². The van der Waals surface area contributed by atoms with Crippen LogP contribution in [0.5, 0.6) is 0 Å². The Kier molecular flexibility index (Phi) is 6.79. The first-order chi connectivity index (χ1) is 26.8. The van der Waals surface area contributed by atoms with Gasteiger partial charge in [0.25, 0.3) is 0 Å². The van der Waals surface area contributed by atoms with Crippen molar-refractivity contribution in [3.63, 3.8) is 0 Å². The highest BCUT2D eigenvalue weighted by Crippen LogP contribution is 2.40. The van der Waals surface area contributed by atoms with Gasteiger partial charge in [0, 0.05) is 43.9 Å². The van der Waals surface area contributed by atoms with Crippen molar-refractivity contribution in [1.82, 2.24) is 19.5 Å². The molecule has 0 aliphatic rings. The van der Waals surface area contributed by atoms with Crippen molar-refractivity contribution in [1.29, 1.82) is 0 Å². The summed E-state index contributed by atoms with van der Waals surface area (Å²) in [5.74, 6) is 1.82. The lowest BCUT2D eigenvalue weighted by atomic mass is 9.98. The Balaban J connectivity index is 1.07. The van der Waals surface area contributed by atoms with E-state index in [2.05, 4.69) is 120 Å². The Morgan fingerprint density at radius 3 is 1.83 bits per heavy atom. The van der Waals surface area contributed by atoms with E-state index in [0.717, 1.165) is 55.4 Å². The molecule has 0 spiro atoms. The second kappa shape index (κ2) is 12.1. The standard InChI is InChI=1S/C49H30N4O/c1-2-14-33(15-3-1)47-50-48(52-49(51-47)40-21-12-24-44-46(40)39-20-9-11-23-43(39)54-44)37-18-7-6-16-35(37)32-25-28-34(29-26-32)53-41-22-10-8-19-38(41)45-36-17-5-4-13-31(36)27-30-42(45)53/h1-30H. The van der Waals surface area contributed by atoms with Gasteiger partial charge in [-0.3, -0.25) is 0 Å². The summed E-state index contributed by atoms with van der Waals surface area (Å²) >= 11 is 0. The summed E-state index contributed by atoms with van der Waals surface area (Å²) in [6, 6.07) is 63.3. The van der Waals surface area contributed by atoms with Crippen molar-refractivity contribution in [2.24, 2.45) is 0 Å². The second-order valence-electron chi connectivity index (χ2n) is 13.6. The van der Waals surface area contributed by atoms with E-state index in [0.29, 0.717) is 17.5 Å². The maximum absolute atomic E-state index is 6.25. The van der Waals surface area contributed by atoms with Crippen LogP contribution < -0.4 is 0 Å². The zero-order valence-corrected chi connectivity index (χ0v) is 29.0. The van der Waals surface area contributed by atoms with Gasteiger partial charge >= 0.3 is 0 Å². The molecule has 8 aromatic carbocycles. The fraction of sp³-hybridized carbons (Fsp3) is 0. The molecule has 0 amide bonds. The minimum absolute atomic E-state index is 0.597. The van der Waals surface area contributed by atoms with Gasteiger partial charge in [-0.1, -0.05) is 146 Å². The molecule has 0 fully saturated rings. The van der Waals surface area contributed by atoms with Crippen molar-refractivity contribution in [3.8, 4) is 51.0 Å². The zero-order chi connectivity index (χ0) is 35.6. The van der Waals surface area contributed by atoms with Gasteiger partial charge in [0.2, 0.25) is 0 Å². The molecular weight excluding hydrogens is 661 g/mol. The summed E-state index contributed by atoms with van der Waals surface area (Å²) < 4.78 is 8.62. The lowest BCUT2D eigenvalue weighted by Gasteiger charge is -2.13. The van der Waals surface area contributed by atoms with Crippen LogP contribution in [0.3, 0.4) is 0 Å². The van der Waals surface area contributed by atoms with Crippen molar-refractivity contribution >= 4 is 54.5 Å². The Morgan fingerprint density at radius 1 is 0.352 bits per heavy atom. The number of rotatable bonds is 5. The van der Waals surface area contributed by atoms with E-state index < -0.39 is 0 Å². The molecule has 11 aromatic rings. The molecule has 0 unspecified atom stereocenters. The van der Waals surface area contributed by atoms with Crippen LogP contribution in [-0.2, 0) is 0 Å². The lowest BCUT2D eigenvalue weighted by Crippen LogP contribution is -2.01. The van der Waals surface area contributed by atoms with Crippen LogP contribution in [0.15, 0.2) is 186 Å². The number of benzene rings is 8. The number of nitrogens with zero attached hydrogens (tertiary/aromatic N) is 4. The highest BCUT2D eigenvalue weighted by atomic mass is 16.3. The summed E-state index contributed by atoms with van der Waals surface area (Å²) in [7, 11) is 0. The SMILES string of the molecule is c1ccc(-c2nc(-c3ccccc3-c3ccc(-n4c5ccccc5c5c6ccccc6ccc54)cc3)nc(-c3cccc4oc5ccccc5c34)n2)cc1. The van der Waals surface area contributed by atoms with E-state index in [1.807, 2.05) is 66.7 Å². The largest absolute Gasteiger partial charge is 0.456 e. The second-order valence-corrected chi connectivity index (χ2v) is 13.6. The topological polar surface area (TPSA) is 56.7 Å². The predicted molar refractivity (Wildman–Crippen MR) is 221 cm³/mol. The summed E-state index contributed by atoms with van der Waals surface area (Å²) in [5.41, 5.74) is 9.98. The molecule has 54 heavy (non-hydrogen) atoms. The smallest absolute Gasteiger partial charge is 0.164 e. The molecule has 5 heteroatoms. The van der Waals surface area contributed by atoms with Crippen LogP contribution in [-0.4, -0.2) is 19.5 Å². The molecule has 0 aliphatic heterocycles. The number of hydrogen-bond donors (Lipinski definition) is 0. The summed E-state index contributed by atoms with van der Waals surface area (Å²) in [6.07, 6.45) is 0. The van der Waals surface area contributed by atoms with Gasteiger partial charge in [-0.15, -0.1) is 0 Å².